The Kier molecular flexibility index (Phi) is 2.72. The summed E-state index contributed by atoms with van der Waals surface area (Å²) in [5.74, 6) is 0.772. The van der Waals surface area contributed by atoms with Crippen molar-refractivity contribution in [2.45, 2.75) is 6.42 Å². The molecule has 2 aromatic heterocycles. The molecule has 0 unspecified atom stereocenters. The monoisotopic (exact) mass is 234 g/mol. The lowest BCUT2D eigenvalue weighted by atomic mass is 10.1. The van der Waals surface area contributed by atoms with Crippen molar-refractivity contribution in [1.29, 1.82) is 0 Å². The summed E-state index contributed by atoms with van der Waals surface area (Å²) in [5.41, 5.74) is 3.46. The smallest absolute Gasteiger partial charge is 0.180 e. The van der Waals surface area contributed by atoms with Crippen LogP contribution in [0.4, 0.5) is 0 Å². The third-order valence-electron chi connectivity index (χ3n) is 2.68. The van der Waals surface area contributed by atoms with Crippen LogP contribution in [0.3, 0.4) is 0 Å². The Morgan fingerprint density at radius 2 is 1.78 bits per heavy atom. The third kappa shape index (κ3) is 2.20. The Bertz CT molecular complexity index is 685. The van der Waals surface area contributed by atoms with Crippen molar-refractivity contribution in [1.82, 2.24) is 19.9 Å². The lowest BCUT2D eigenvalue weighted by molar-refractivity contribution is 0.979. The van der Waals surface area contributed by atoms with Gasteiger partial charge in [0.05, 0.1) is 6.20 Å². The Labute approximate surface area is 106 Å². The highest BCUT2D eigenvalue weighted by atomic mass is 15.0. The summed E-state index contributed by atoms with van der Waals surface area (Å²) in [6.07, 6.45) is 4.17. The number of benzene rings is 1. The molecule has 0 spiro atoms. The summed E-state index contributed by atoms with van der Waals surface area (Å²) in [5, 5.41) is 0. The second-order valence-electron chi connectivity index (χ2n) is 4.17. The zero-order valence-corrected chi connectivity index (χ0v) is 10.0. The zero-order chi connectivity index (χ0) is 12.4. The van der Waals surface area contributed by atoms with E-state index in [4.69, 9.17) is 0 Å². The molecule has 0 atom stereocenters. The molecule has 3 rings (SSSR count). The van der Waals surface area contributed by atoms with Crippen molar-refractivity contribution >= 4 is 24.6 Å². The largest absolute Gasteiger partial charge is 0.250 e. The molecule has 0 aliphatic rings. The van der Waals surface area contributed by atoms with Gasteiger partial charge < -0.3 is 0 Å². The maximum atomic E-state index is 4.45. The Balaban J connectivity index is 1.98. The highest BCUT2D eigenvalue weighted by molar-refractivity contribution is 6.30. The average molecular weight is 234 g/mol. The molecule has 1 aromatic carbocycles. The van der Waals surface area contributed by atoms with E-state index in [1.165, 1.54) is 5.56 Å². The van der Waals surface area contributed by atoms with E-state index in [-0.39, 0.29) is 0 Å². The van der Waals surface area contributed by atoms with E-state index in [0.29, 0.717) is 12.1 Å². The number of hydrogen-bond acceptors (Lipinski definition) is 4. The number of aromatic nitrogens is 4. The first-order valence-electron chi connectivity index (χ1n) is 5.80. The van der Waals surface area contributed by atoms with Gasteiger partial charge in [-0.1, -0.05) is 30.3 Å². The highest BCUT2D eigenvalue weighted by Crippen LogP contribution is 2.07. The highest BCUT2D eigenvalue weighted by Gasteiger charge is 2.03. The maximum absolute atomic E-state index is 4.45. The molecular formula is C13H11BN4. The van der Waals surface area contributed by atoms with Crippen molar-refractivity contribution < 1.29 is 0 Å². The number of fused-ring (bicyclic) bond motifs is 1. The predicted molar refractivity (Wildman–Crippen MR) is 72.6 cm³/mol. The van der Waals surface area contributed by atoms with Gasteiger partial charge in [0, 0.05) is 18.2 Å². The second kappa shape index (κ2) is 4.53. The minimum atomic E-state index is 0.663. The Morgan fingerprint density at radius 3 is 2.61 bits per heavy atom. The van der Waals surface area contributed by atoms with E-state index in [1.54, 1.807) is 12.4 Å². The van der Waals surface area contributed by atoms with Crippen LogP contribution >= 0.6 is 0 Å². The standard InChI is InChI=1S/C13H11BN4/c14-11-8-15-10-7-16-12(18-13(10)17-11)6-9-4-2-1-3-5-9/h1-5,7-8H,6,14H2. The molecule has 0 bridgehead atoms. The molecule has 0 fully saturated rings. The predicted octanol–water partition coefficient (Wildman–Crippen LogP) is 0.269. The van der Waals surface area contributed by atoms with Gasteiger partial charge >= 0.3 is 0 Å². The van der Waals surface area contributed by atoms with Crippen LogP contribution < -0.4 is 5.59 Å². The molecule has 0 saturated heterocycles. The van der Waals surface area contributed by atoms with Gasteiger partial charge in [-0.15, -0.1) is 0 Å². The fourth-order valence-corrected chi connectivity index (χ4v) is 1.80. The topological polar surface area (TPSA) is 51.6 Å². The summed E-state index contributed by atoms with van der Waals surface area (Å²) in [6, 6.07) is 10.2. The molecule has 5 heteroatoms. The fourth-order valence-electron chi connectivity index (χ4n) is 1.80. The summed E-state index contributed by atoms with van der Waals surface area (Å²) < 4.78 is 0. The normalized spacial score (nSPS) is 10.7. The molecule has 0 saturated carbocycles. The second-order valence-corrected chi connectivity index (χ2v) is 4.17. The van der Waals surface area contributed by atoms with Crippen LogP contribution in [0.1, 0.15) is 11.4 Å². The molecule has 18 heavy (non-hydrogen) atoms. The van der Waals surface area contributed by atoms with Crippen LogP contribution in [-0.4, -0.2) is 27.8 Å². The third-order valence-corrected chi connectivity index (χ3v) is 2.68. The molecular weight excluding hydrogens is 223 g/mol. The van der Waals surface area contributed by atoms with Crippen LogP contribution in [0, 0.1) is 0 Å². The fraction of sp³-hybridized carbons (Fsp3) is 0.0769. The molecule has 4 nitrogen and oxygen atoms in total. The van der Waals surface area contributed by atoms with Gasteiger partial charge in [0.25, 0.3) is 0 Å². The lowest BCUT2D eigenvalue weighted by Crippen LogP contribution is -2.10. The van der Waals surface area contributed by atoms with Crippen molar-refractivity contribution in [2.24, 2.45) is 0 Å². The van der Waals surface area contributed by atoms with E-state index in [2.05, 4.69) is 32.1 Å². The summed E-state index contributed by atoms with van der Waals surface area (Å²) >= 11 is 0. The van der Waals surface area contributed by atoms with Crippen molar-refractivity contribution in [2.75, 3.05) is 0 Å². The van der Waals surface area contributed by atoms with Crippen molar-refractivity contribution in [3.63, 3.8) is 0 Å². The average Bonchev–Trinajstić information content (AvgIpc) is 2.39. The minimum absolute atomic E-state index is 0.663. The van der Waals surface area contributed by atoms with E-state index < -0.39 is 0 Å². The molecule has 0 N–H and O–H groups in total. The van der Waals surface area contributed by atoms with Gasteiger partial charge in [-0.2, -0.15) is 0 Å². The number of hydrogen-bond donors (Lipinski definition) is 0. The lowest BCUT2D eigenvalue weighted by Gasteiger charge is -2.02. The van der Waals surface area contributed by atoms with Gasteiger partial charge in [0.1, 0.15) is 11.3 Å². The first-order chi connectivity index (χ1) is 8.81. The van der Waals surface area contributed by atoms with E-state index in [9.17, 15) is 0 Å². The first-order valence-corrected chi connectivity index (χ1v) is 5.80. The van der Waals surface area contributed by atoms with E-state index in [1.807, 2.05) is 26.0 Å². The van der Waals surface area contributed by atoms with Crippen LogP contribution in [0.5, 0.6) is 0 Å². The maximum Gasteiger partial charge on any atom is 0.180 e. The number of rotatable bonds is 2. The first kappa shape index (κ1) is 10.8. The van der Waals surface area contributed by atoms with Gasteiger partial charge in [-0.25, -0.2) is 15.0 Å². The van der Waals surface area contributed by atoms with Crippen molar-refractivity contribution in [3.05, 3.63) is 54.1 Å². The van der Waals surface area contributed by atoms with Crippen molar-refractivity contribution in [3.8, 4) is 0 Å². The van der Waals surface area contributed by atoms with Crippen LogP contribution in [0.25, 0.3) is 11.2 Å². The number of nitrogens with zero attached hydrogens (tertiary/aromatic N) is 4. The summed E-state index contributed by atoms with van der Waals surface area (Å²) in [6.45, 7) is 0. The molecule has 0 amide bonds. The quantitative estimate of drug-likeness (QED) is 0.597. The van der Waals surface area contributed by atoms with Gasteiger partial charge in [-0.3, -0.25) is 4.98 Å². The van der Waals surface area contributed by atoms with Crippen LogP contribution in [0.2, 0.25) is 0 Å². The van der Waals surface area contributed by atoms with Gasteiger partial charge in [0.15, 0.2) is 13.5 Å². The summed E-state index contributed by atoms with van der Waals surface area (Å²) in [7, 11) is 1.91. The molecule has 0 radical (unpaired) electrons. The van der Waals surface area contributed by atoms with Crippen LogP contribution in [0.15, 0.2) is 42.7 Å². The molecule has 3 aromatic rings. The molecule has 2 heterocycles. The molecule has 0 aliphatic carbocycles. The van der Waals surface area contributed by atoms with E-state index >= 15 is 0 Å². The van der Waals surface area contributed by atoms with Gasteiger partial charge in [0.2, 0.25) is 0 Å². The zero-order valence-electron chi connectivity index (χ0n) is 10.0. The minimum Gasteiger partial charge on any atom is -0.250 e. The SMILES string of the molecule is Bc1cnc2cnc(Cc3ccccc3)nc2n1. The molecule has 0 aliphatic heterocycles. The molecule has 86 valence electrons. The van der Waals surface area contributed by atoms with Crippen LogP contribution in [-0.2, 0) is 6.42 Å². The van der Waals surface area contributed by atoms with Gasteiger partial charge in [-0.05, 0) is 5.56 Å². The Morgan fingerprint density at radius 1 is 0.944 bits per heavy atom. The summed E-state index contributed by atoms with van der Waals surface area (Å²) in [4.78, 5) is 17.4. The Hall–Kier alpha value is -2.30. The van der Waals surface area contributed by atoms with E-state index in [0.717, 1.165) is 16.9 Å².